The minimum absolute atomic E-state index is 0.00667. The number of rotatable bonds is 5. The molecule has 0 aliphatic carbocycles. The quantitative estimate of drug-likeness (QED) is 0.613. The summed E-state index contributed by atoms with van der Waals surface area (Å²) in [4.78, 5) is 24.3. The van der Waals surface area contributed by atoms with Gasteiger partial charge in [-0.3, -0.25) is 9.59 Å². The molecule has 5 nitrogen and oxygen atoms in total. The molecular formula is C20H21F2N2O3P. The molecule has 1 heterocycles. The number of amides is 2. The highest BCUT2D eigenvalue weighted by Gasteiger charge is 2.32. The smallest absolute Gasteiger partial charge is 0.249 e. The highest BCUT2D eigenvalue weighted by Crippen LogP contribution is 2.40. The van der Waals surface area contributed by atoms with E-state index in [4.69, 9.17) is 0 Å². The molecule has 1 aliphatic heterocycles. The van der Waals surface area contributed by atoms with Gasteiger partial charge in [-0.15, -0.1) is 0 Å². The maximum absolute atomic E-state index is 15.0. The summed E-state index contributed by atoms with van der Waals surface area (Å²) in [7, 11) is -2.72. The molecule has 148 valence electrons. The summed E-state index contributed by atoms with van der Waals surface area (Å²) in [6, 6.07) is 8.61. The monoisotopic (exact) mass is 406 g/mol. The zero-order chi connectivity index (χ0) is 20.5. The first-order chi connectivity index (χ1) is 13.3. The predicted octanol–water partition coefficient (Wildman–Crippen LogP) is 3.12. The number of benzene rings is 2. The fraction of sp³-hybridized carbons (Fsp3) is 0.300. The van der Waals surface area contributed by atoms with Gasteiger partial charge >= 0.3 is 0 Å². The van der Waals surface area contributed by atoms with E-state index < -0.39 is 30.7 Å². The molecule has 1 unspecified atom stereocenters. The topological polar surface area (TPSA) is 66.5 Å². The molecular weight excluding hydrogens is 385 g/mol. The minimum atomic E-state index is -2.72. The number of nitrogens with one attached hydrogen (secondary N) is 1. The van der Waals surface area contributed by atoms with Gasteiger partial charge < -0.3 is 14.8 Å². The summed E-state index contributed by atoms with van der Waals surface area (Å²) in [5.41, 5.74) is 0.189. The summed E-state index contributed by atoms with van der Waals surface area (Å²) < 4.78 is 42.4. The van der Waals surface area contributed by atoms with Crippen molar-refractivity contribution in [3.63, 3.8) is 0 Å². The van der Waals surface area contributed by atoms with Gasteiger partial charge in [0.2, 0.25) is 12.3 Å². The Morgan fingerprint density at radius 3 is 2.50 bits per heavy atom. The lowest BCUT2D eigenvalue weighted by molar-refractivity contribution is -0.124. The van der Waals surface area contributed by atoms with E-state index in [0.29, 0.717) is 30.1 Å². The van der Waals surface area contributed by atoms with Crippen molar-refractivity contribution in [2.24, 2.45) is 0 Å². The summed E-state index contributed by atoms with van der Waals surface area (Å²) in [6.07, 6.45) is 1.43. The zero-order valence-electron chi connectivity index (χ0n) is 15.6. The Labute approximate surface area is 162 Å². The van der Waals surface area contributed by atoms with Crippen molar-refractivity contribution >= 4 is 30.5 Å². The number of hydrogen-bond donors (Lipinski definition) is 1. The fourth-order valence-electron chi connectivity index (χ4n) is 3.48. The molecule has 0 radical (unpaired) electrons. The fourth-order valence-corrected chi connectivity index (χ4v) is 4.70. The maximum Gasteiger partial charge on any atom is 0.249 e. The Balaban J connectivity index is 2.05. The van der Waals surface area contributed by atoms with Crippen molar-refractivity contribution in [1.29, 1.82) is 0 Å². The molecule has 0 aromatic heterocycles. The van der Waals surface area contributed by atoms with Crippen LogP contribution in [0.5, 0.6) is 0 Å². The van der Waals surface area contributed by atoms with Crippen molar-refractivity contribution in [2.75, 3.05) is 24.8 Å². The molecule has 0 bridgehead atoms. The Morgan fingerprint density at radius 1 is 1.11 bits per heavy atom. The van der Waals surface area contributed by atoms with E-state index in [1.807, 2.05) is 0 Å². The van der Waals surface area contributed by atoms with Crippen LogP contribution in [0.3, 0.4) is 0 Å². The average molecular weight is 406 g/mol. The first-order valence-corrected chi connectivity index (χ1v) is 11.5. The van der Waals surface area contributed by atoms with Gasteiger partial charge in [-0.1, -0.05) is 24.3 Å². The number of carbonyl (C=O) groups is 2. The van der Waals surface area contributed by atoms with Gasteiger partial charge in [0.1, 0.15) is 13.2 Å². The predicted molar refractivity (Wildman–Crippen MR) is 105 cm³/mol. The Bertz CT molecular complexity index is 974. The molecule has 0 spiro atoms. The van der Waals surface area contributed by atoms with E-state index in [1.54, 1.807) is 37.6 Å². The zero-order valence-corrected chi connectivity index (χ0v) is 16.5. The van der Waals surface area contributed by atoms with Crippen LogP contribution in [0.4, 0.5) is 14.5 Å². The number of piperidine rings is 1. The van der Waals surface area contributed by atoms with Crippen LogP contribution in [0, 0.1) is 11.6 Å². The van der Waals surface area contributed by atoms with Crippen LogP contribution in [0.2, 0.25) is 0 Å². The lowest BCUT2D eigenvalue weighted by atomic mass is 10.0. The molecule has 1 atom stereocenters. The third-order valence-electron chi connectivity index (χ3n) is 4.83. The van der Waals surface area contributed by atoms with Crippen LogP contribution in [0.25, 0.3) is 11.1 Å². The highest BCUT2D eigenvalue weighted by molar-refractivity contribution is 7.70. The molecule has 1 fully saturated rings. The van der Waals surface area contributed by atoms with Crippen molar-refractivity contribution < 1.29 is 22.9 Å². The van der Waals surface area contributed by atoms with Gasteiger partial charge in [0.05, 0.1) is 5.69 Å². The number of carbonyl (C=O) groups excluding carboxylic acids is 2. The van der Waals surface area contributed by atoms with Gasteiger partial charge in [-0.25, -0.2) is 8.78 Å². The first kappa shape index (κ1) is 20.2. The van der Waals surface area contributed by atoms with Gasteiger partial charge in [0.15, 0.2) is 11.6 Å². The molecule has 1 aliphatic rings. The van der Waals surface area contributed by atoms with E-state index in [-0.39, 0.29) is 17.8 Å². The lowest BCUT2D eigenvalue weighted by Gasteiger charge is -2.32. The van der Waals surface area contributed by atoms with Crippen LogP contribution in [0.1, 0.15) is 12.8 Å². The number of anilines is 1. The van der Waals surface area contributed by atoms with E-state index in [0.717, 1.165) is 4.90 Å². The number of hydrogen-bond acceptors (Lipinski definition) is 3. The Hall–Kier alpha value is -2.53. The SMILES string of the molecule is CP(C)(=O)c1ccccc1-c1ccc(N2CCCC(NC=O)C2=O)c(F)c1F. The lowest BCUT2D eigenvalue weighted by Crippen LogP contribution is -2.50. The molecule has 1 N–H and O–H groups in total. The van der Waals surface area contributed by atoms with Gasteiger partial charge in [-0.05, 0) is 43.9 Å². The number of nitrogens with zero attached hydrogens (tertiary/aromatic N) is 1. The largest absolute Gasteiger partial charge is 0.347 e. The standard InChI is InChI=1S/C20H21F2N2O3P/c1-28(2,27)17-8-4-3-6-13(17)14-9-10-16(19(22)18(14)21)24-11-5-7-15(20(24)26)23-12-25/h3-4,6,8-10,12,15H,5,7,11H2,1-2H3,(H,23,25). The van der Waals surface area contributed by atoms with E-state index in [9.17, 15) is 22.9 Å². The molecule has 8 heteroatoms. The summed E-state index contributed by atoms with van der Waals surface area (Å²) in [5.74, 6) is -2.72. The Morgan fingerprint density at radius 2 is 1.82 bits per heavy atom. The van der Waals surface area contributed by atoms with Crippen molar-refractivity contribution in [3.8, 4) is 11.1 Å². The minimum Gasteiger partial charge on any atom is -0.347 e. The average Bonchev–Trinajstić information content (AvgIpc) is 2.65. The summed E-state index contributed by atoms with van der Waals surface area (Å²) in [6.45, 7) is 3.38. The summed E-state index contributed by atoms with van der Waals surface area (Å²) in [5, 5.41) is 2.87. The van der Waals surface area contributed by atoms with Gasteiger partial charge in [0.25, 0.3) is 0 Å². The Kier molecular flexibility index (Phi) is 5.66. The molecule has 3 rings (SSSR count). The molecule has 0 saturated carbocycles. The highest BCUT2D eigenvalue weighted by atomic mass is 31.2. The van der Waals surface area contributed by atoms with Crippen LogP contribution in [0.15, 0.2) is 36.4 Å². The molecule has 2 amide bonds. The number of halogens is 2. The third kappa shape index (κ3) is 3.72. The van der Waals surface area contributed by atoms with Crippen LogP contribution >= 0.6 is 7.14 Å². The van der Waals surface area contributed by atoms with Crippen LogP contribution in [-0.4, -0.2) is 38.2 Å². The third-order valence-corrected chi connectivity index (χ3v) is 6.39. The maximum atomic E-state index is 15.0. The van der Waals surface area contributed by atoms with Gasteiger partial charge in [0, 0.05) is 17.4 Å². The second-order valence-corrected chi connectivity index (χ2v) is 10.3. The van der Waals surface area contributed by atoms with Crippen molar-refractivity contribution in [1.82, 2.24) is 5.32 Å². The van der Waals surface area contributed by atoms with E-state index in [1.165, 1.54) is 12.1 Å². The molecule has 1 saturated heterocycles. The van der Waals surface area contributed by atoms with Crippen molar-refractivity contribution in [2.45, 2.75) is 18.9 Å². The van der Waals surface area contributed by atoms with E-state index in [2.05, 4.69) is 5.32 Å². The normalized spacial score (nSPS) is 17.5. The molecule has 28 heavy (non-hydrogen) atoms. The second kappa shape index (κ2) is 7.84. The van der Waals surface area contributed by atoms with Crippen LogP contribution in [-0.2, 0) is 14.2 Å². The van der Waals surface area contributed by atoms with Crippen LogP contribution < -0.4 is 15.5 Å². The van der Waals surface area contributed by atoms with E-state index >= 15 is 0 Å². The first-order valence-electron chi connectivity index (χ1n) is 8.89. The molecule has 2 aromatic rings. The van der Waals surface area contributed by atoms with Crippen molar-refractivity contribution in [3.05, 3.63) is 48.0 Å². The summed E-state index contributed by atoms with van der Waals surface area (Å²) >= 11 is 0. The molecule has 2 aromatic carbocycles. The van der Waals surface area contributed by atoms with Gasteiger partial charge in [-0.2, -0.15) is 0 Å². The second-order valence-electron chi connectivity index (χ2n) is 7.10.